The van der Waals surface area contributed by atoms with Gasteiger partial charge in [-0.25, -0.2) is 8.42 Å². The number of anilines is 1. The van der Waals surface area contributed by atoms with Gasteiger partial charge in [0.15, 0.2) is 15.0 Å². The summed E-state index contributed by atoms with van der Waals surface area (Å²) in [5.41, 5.74) is 0.691. The van der Waals surface area contributed by atoms with E-state index < -0.39 is 9.84 Å². The zero-order chi connectivity index (χ0) is 17.6. The Labute approximate surface area is 155 Å². The van der Waals surface area contributed by atoms with Crippen molar-refractivity contribution in [1.29, 1.82) is 0 Å². The number of fused-ring (bicyclic) bond motifs is 1. The molecular formula is C15H16Cl2N2O3S2. The number of nitrogens with zero attached hydrogens (tertiary/aromatic N) is 2. The normalized spacial score (nSPS) is 27.0. The second-order valence-corrected chi connectivity index (χ2v) is 10.3. The van der Waals surface area contributed by atoms with Crippen LogP contribution in [0.25, 0.3) is 0 Å². The number of amides is 1. The van der Waals surface area contributed by atoms with Gasteiger partial charge in [-0.15, -0.1) is 0 Å². The van der Waals surface area contributed by atoms with E-state index in [9.17, 15) is 13.2 Å². The minimum Gasteiger partial charge on any atom is -0.316 e. The van der Waals surface area contributed by atoms with Crippen molar-refractivity contribution in [2.75, 3.05) is 16.4 Å². The lowest BCUT2D eigenvalue weighted by atomic mass is 10.2. The van der Waals surface area contributed by atoms with Crippen molar-refractivity contribution < 1.29 is 13.2 Å². The van der Waals surface area contributed by atoms with E-state index in [4.69, 9.17) is 23.2 Å². The van der Waals surface area contributed by atoms with E-state index in [-0.39, 0.29) is 34.6 Å². The fraction of sp³-hybridized carbons (Fsp3) is 0.467. The highest BCUT2D eigenvalue weighted by atomic mass is 35.5. The average Bonchev–Trinajstić information content (AvgIpc) is 2.93. The molecule has 2 fully saturated rings. The molecule has 5 nitrogen and oxygen atoms in total. The summed E-state index contributed by atoms with van der Waals surface area (Å²) >= 11 is 13.4. The molecule has 1 amide bonds. The molecule has 1 aromatic carbocycles. The molecule has 130 valence electrons. The van der Waals surface area contributed by atoms with Crippen molar-refractivity contribution >= 4 is 61.6 Å². The van der Waals surface area contributed by atoms with Crippen LogP contribution >= 0.6 is 35.0 Å². The number of hydrogen-bond donors (Lipinski definition) is 0. The van der Waals surface area contributed by atoms with Crippen molar-refractivity contribution in [3.63, 3.8) is 0 Å². The van der Waals surface area contributed by atoms with E-state index in [1.807, 2.05) is 4.90 Å². The minimum absolute atomic E-state index is 0.0415. The van der Waals surface area contributed by atoms with Gasteiger partial charge in [0.25, 0.3) is 5.91 Å². The molecule has 1 aromatic rings. The largest absolute Gasteiger partial charge is 0.316 e. The maximum absolute atomic E-state index is 12.1. The van der Waals surface area contributed by atoms with Gasteiger partial charge in [-0.3, -0.25) is 4.79 Å². The van der Waals surface area contributed by atoms with Crippen LogP contribution in [0.15, 0.2) is 23.2 Å². The Kier molecular flexibility index (Phi) is 4.90. The molecule has 9 heteroatoms. The zero-order valence-corrected chi connectivity index (χ0v) is 16.2. The molecule has 0 spiro atoms. The molecule has 0 saturated carbocycles. The highest BCUT2D eigenvalue weighted by Gasteiger charge is 2.49. The van der Waals surface area contributed by atoms with Crippen LogP contribution in [0.4, 0.5) is 5.69 Å². The van der Waals surface area contributed by atoms with E-state index in [1.165, 1.54) is 11.8 Å². The lowest BCUT2D eigenvalue weighted by molar-refractivity contribution is -0.120. The second kappa shape index (κ2) is 6.52. The molecule has 24 heavy (non-hydrogen) atoms. The smallest absolute Gasteiger partial charge is 0.250 e. The number of amidine groups is 1. The van der Waals surface area contributed by atoms with Crippen LogP contribution < -0.4 is 4.90 Å². The van der Waals surface area contributed by atoms with Crippen LogP contribution in [0.3, 0.4) is 0 Å². The standard InChI is InChI=1S/C15H16Cl2N2O3S2/c1-8(2)14(20)18-15-19(9-3-4-10(16)11(17)5-9)12-6-24(21,22)7-13(12)23-15/h3-5,8,12-13H,6-7H2,1-2H3. The van der Waals surface area contributed by atoms with E-state index in [2.05, 4.69) is 4.99 Å². The third kappa shape index (κ3) is 3.45. The van der Waals surface area contributed by atoms with Gasteiger partial charge in [0.1, 0.15) is 0 Å². The summed E-state index contributed by atoms with van der Waals surface area (Å²) in [4.78, 5) is 18.1. The monoisotopic (exact) mass is 406 g/mol. The third-order valence-electron chi connectivity index (χ3n) is 3.95. The Morgan fingerprint density at radius 3 is 2.62 bits per heavy atom. The summed E-state index contributed by atoms with van der Waals surface area (Å²) in [5.74, 6) is -0.321. The summed E-state index contributed by atoms with van der Waals surface area (Å²) in [6.45, 7) is 3.56. The van der Waals surface area contributed by atoms with Crippen molar-refractivity contribution in [3.8, 4) is 0 Å². The van der Waals surface area contributed by atoms with Gasteiger partial charge in [0.2, 0.25) is 0 Å². The first kappa shape index (κ1) is 18.0. The van der Waals surface area contributed by atoms with Gasteiger partial charge in [-0.2, -0.15) is 4.99 Å². The number of sulfone groups is 1. The van der Waals surface area contributed by atoms with Gasteiger partial charge in [0, 0.05) is 16.9 Å². The van der Waals surface area contributed by atoms with Crippen molar-refractivity contribution in [1.82, 2.24) is 0 Å². The molecule has 0 bridgehead atoms. The van der Waals surface area contributed by atoms with Gasteiger partial charge in [-0.05, 0) is 18.2 Å². The van der Waals surface area contributed by atoms with Gasteiger partial charge in [-0.1, -0.05) is 48.8 Å². The fourth-order valence-corrected chi connectivity index (χ4v) is 6.94. The van der Waals surface area contributed by atoms with E-state index in [0.717, 1.165) is 0 Å². The number of halogens is 2. The Bertz CT molecular complexity index is 824. The molecule has 2 saturated heterocycles. The van der Waals surface area contributed by atoms with Crippen LogP contribution in [0.1, 0.15) is 13.8 Å². The highest BCUT2D eigenvalue weighted by molar-refractivity contribution is 8.16. The van der Waals surface area contributed by atoms with E-state index in [0.29, 0.717) is 20.9 Å². The fourth-order valence-electron chi connectivity index (χ4n) is 2.72. The van der Waals surface area contributed by atoms with Crippen molar-refractivity contribution in [3.05, 3.63) is 28.2 Å². The molecule has 2 unspecified atom stereocenters. The Balaban J connectivity index is 2.04. The predicted octanol–water partition coefficient (Wildman–Crippen LogP) is 3.25. The lowest BCUT2D eigenvalue weighted by Crippen LogP contribution is -2.37. The quantitative estimate of drug-likeness (QED) is 0.753. The molecule has 0 aromatic heterocycles. The van der Waals surface area contributed by atoms with Crippen molar-refractivity contribution in [2.24, 2.45) is 10.9 Å². The molecular weight excluding hydrogens is 391 g/mol. The minimum atomic E-state index is -3.09. The number of benzene rings is 1. The predicted molar refractivity (Wildman–Crippen MR) is 100 cm³/mol. The van der Waals surface area contributed by atoms with Crippen LogP contribution in [0.2, 0.25) is 10.0 Å². The molecule has 3 rings (SSSR count). The molecule has 0 N–H and O–H groups in total. The molecule has 2 aliphatic rings. The number of carbonyl (C=O) groups is 1. The second-order valence-electron chi connectivity index (χ2n) is 6.16. The maximum atomic E-state index is 12.1. The number of carbonyl (C=O) groups excluding carboxylic acids is 1. The summed E-state index contributed by atoms with van der Waals surface area (Å²) in [7, 11) is -3.09. The number of hydrogen-bond acceptors (Lipinski definition) is 4. The first-order valence-electron chi connectivity index (χ1n) is 7.42. The SMILES string of the molecule is CC(C)C(=O)N=C1SC2CS(=O)(=O)CC2N1c1ccc(Cl)c(Cl)c1. The first-order valence-corrected chi connectivity index (χ1v) is 10.9. The van der Waals surface area contributed by atoms with Crippen molar-refractivity contribution in [2.45, 2.75) is 25.1 Å². The lowest BCUT2D eigenvalue weighted by Gasteiger charge is -2.25. The Morgan fingerprint density at radius 1 is 1.29 bits per heavy atom. The molecule has 0 aliphatic carbocycles. The summed E-state index contributed by atoms with van der Waals surface area (Å²) in [5, 5.41) is 1.18. The summed E-state index contributed by atoms with van der Waals surface area (Å²) < 4.78 is 24.0. The van der Waals surface area contributed by atoms with Crippen LogP contribution in [-0.4, -0.2) is 42.3 Å². The van der Waals surface area contributed by atoms with E-state index in [1.54, 1.807) is 32.0 Å². The van der Waals surface area contributed by atoms with Crippen LogP contribution in [-0.2, 0) is 14.6 Å². The first-order chi connectivity index (χ1) is 11.2. The molecule has 2 heterocycles. The average molecular weight is 407 g/mol. The zero-order valence-electron chi connectivity index (χ0n) is 13.1. The van der Waals surface area contributed by atoms with Gasteiger partial charge >= 0.3 is 0 Å². The molecule has 2 atom stereocenters. The van der Waals surface area contributed by atoms with Gasteiger partial charge < -0.3 is 4.90 Å². The van der Waals surface area contributed by atoms with Crippen LogP contribution in [0, 0.1) is 5.92 Å². The number of rotatable bonds is 2. The maximum Gasteiger partial charge on any atom is 0.250 e. The summed E-state index contributed by atoms with van der Waals surface area (Å²) in [6.07, 6.45) is 0. The van der Waals surface area contributed by atoms with Crippen LogP contribution in [0.5, 0.6) is 0 Å². The topological polar surface area (TPSA) is 66.8 Å². The molecule has 2 aliphatic heterocycles. The summed E-state index contributed by atoms with van der Waals surface area (Å²) in [6, 6.07) is 4.84. The highest BCUT2D eigenvalue weighted by Crippen LogP contribution is 2.42. The van der Waals surface area contributed by atoms with E-state index >= 15 is 0 Å². The number of thioether (sulfide) groups is 1. The van der Waals surface area contributed by atoms with Gasteiger partial charge in [0.05, 0.1) is 27.6 Å². The number of aliphatic imine (C=N–C) groups is 1. The molecule has 0 radical (unpaired) electrons. The Morgan fingerprint density at radius 2 is 2.00 bits per heavy atom. The third-order valence-corrected chi connectivity index (χ3v) is 7.90. The Hall–Kier alpha value is -0.760.